The van der Waals surface area contributed by atoms with Crippen molar-refractivity contribution in [1.29, 1.82) is 0 Å². The summed E-state index contributed by atoms with van der Waals surface area (Å²) in [7, 11) is 0. The van der Waals surface area contributed by atoms with Crippen LogP contribution in [0.4, 0.5) is 0 Å². The van der Waals surface area contributed by atoms with Crippen LogP contribution in [-0.4, -0.2) is 34.6 Å². The molecule has 2 unspecified atom stereocenters. The van der Waals surface area contributed by atoms with E-state index in [1.54, 1.807) is 0 Å². The Bertz CT molecular complexity index is 93.1. The lowest BCUT2D eigenvalue weighted by Crippen LogP contribution is -1.99. The van der Waals surface area contributed by atoms with Crippen molar-refractivity contribution >= 4 is 0 Å². The minimum Gasteiger partial charge on any atom is -0.396 e. The number of rotatable bonds is 6. The highest BCUT2D eigenvalue weighted by molar-refractivity contribution is 4.43. The highest BCUT2D eigenvalue weighted by Crippen LogP contribution is 1.95. The van der Waals surface area contributed by atoms with Crippen LogP contribution in [-0.2, 0) is 0 Å². The summed E-state index contributed by atoms with van der Waals surface area (Å²) in [5.74, 6) is 0.981. The molecule has 0 bridgehead atoms. The smallest absolute Gasteiger partial charge is 0.0535 e. The Hall–Kier alpha value is -0.120. The Kier molecular flexibility index (Phi) is 24.6. The van der Waals surface area contributed by atoms with Crippen LogP contribution in [0.15, 0.2) is 0 Å². The van der Waals surface area contributed by atoms with Crippen LogP contribution < -0.4 is 0 Å². The summed E-state index contributed by atoms with van der Waals surface area (Å²) in [6.07, 6.45) is 3.87. The fourth-order valence-electron chi connectivity index (χ4n) is 0.547. The lowest BCUT2D eigenvalue weighted by molar-refractivity contribution is 0.166. The maximum Gasteiger partial charge on any atom is 0.0535 e. The van der Waals surface area contributed by atoms with Gasteiger partial charge in [-0.2, -0.15) is 0 Å². The molecule has 0 radical (unpaired) electrons. The van der Waals surface area contributed by atoms with Gasteiger partial charge in [0.25, 0.3) is 0 Å². The molecule has 3 heteroatoms. The average Bonchev–Trinajstić information content (AvgIpc) is 2.45. The van der Waals surface area contributed by atoms with E-state index < -0.39 is 0 Å². The molecule has 114 valence electrons. The largest absolute Gasteiger partial charge is 0.396 e. The van der Waals surface area contributed by atoms with Crippen molar-refractivity contribution in [3.05, 3.63) is 0 Å². The monoisotopic (exact) mass is 264 g/mol. The third-order valence-corrected chi connectivity index (χ3v) is 2.96. The minimum atomic E-state index is -0.0648. The number of aliphatic hydroxyl groups is 3. The van der Waals surface area contributed by atoms with Gasteiger partial charge in [0.15, 0.2) is 0 Å². The molecule has 0 amide bonds. The van der Waals surface area contributed by atoms with Gasteiger partial charge in [-0.25, -0.2) is 0 Å². The zero-order valence-corrected chi connectivity index (χ0v) is 13.3. The molecule has 0 saturated carbocycles. The summed E-state index contributed by atoms with van der Waals surface area (Å²) in [4.78, 5) is 0. The number of hydrogen-bond donors (Lipinski definition) is 3. The van der Waals surface area contributed by atoms with Crippen LogP contribution in [0, 0.1) is 11.8 Å². The van der Waals surface area contributed by atoms with E-state index in [2.05, 4.69) is 13.8 Å². The second-order valence-electron chi connectivity index (χ2n) is 4.86. The molecule has 18 heavy (non-hydrogen) atoms. The van der Waals surface area contributed by atoms with Gasteiger partial charge in [0, 0.05) is 13.2 Å². The molecule has 0 fully saturated rings. The van der Waals surface area contributed by atoms with Crippen molar-refractivity contribution in [3.8, 4) is 0 Å². The van der Waals surface area contributed by atoms with Gasteiger partial charge in [-0.15, -0.1) is 0 Å². The number of aliphatic hydroxyl groups excluding tert-OH is 3. The summed E-state index contributed by atoms with van der Waals surface area (Å²) < 4.78 is 0. The number of hydrogen-bond acceptors (Lipinski definition) is 3. The third kappa shape index (κ3) is 24.9. The van der Waals surface area contributed by atoms with E-state index in [-0.39, 0.29) is 6.10 Å². The molecular weight excluding hydrogens is 228 g/mol. The molecular formula is C15H36O3. The fraction of sp³-hybridized carbons (Fsp3) is 1.00. The first-order valence-corrected chi connectivity index (χ1v) is 7.32. The van der Waals surface area contributed by atoms with Crippen LogP contribution >= 0.6 is 0 Å². The van der Waals surface area contributed by atoms with E-state index in [1.807, 2.05) is 27.7 Å². The van der Waals surface area contributed by atoms with Crippen LogP contribution in [0.1, 0.15) is 67.2 Å². The average molecular weight is 264 g/mol. The van der Waals surface area contributed by atoms with E-state index in [1.165, 1.54) is 0 Å². The van der Waals surface area contributed by atoms with Crippen molar-refractivity contribution in [2.45, 2.75) is 73.3 Å². The maximum atomic E-state index is 8.67. The van der Waals surface area contributed by atoms with Crippen molar-refractivity contribution in [1.82, 2.24) is 0 Å². The van der Waals surface area contributed by atoms with Gasteiger partial charge in [-0.05, 0) is 24.7 Å². The SMILES string of the molecule is CCC(C)CO.CCC(C)CO.CCC(O)CC. The standard InChI is InChI=1S/3C5H12O/c2*1-3-5(2)4-6;1-3-5(6)4-2/h3*5-6H,3-4H2,1-2H3. The fourth-order valence-corrected chi connectivity index (χ4v) is 0.547. The summed E-state index contributed by atoms with van der Waals surface area (Å²) >= 11 is 0. The van der Waals surface area contributed by atoms with Crippen molar-refractivity contribution < 1.29 is 15.3 Å². The quantitative estimate of drug-likeness (QED) is 0.690. The molecule has 0 aliphatic heterocycles. The van der Waals surface area contributed by atoms with Crippen LogP contribution in [0.3, 0.4) is 0 Å². The lowest BCUT2D eigenvalue weighted by atomic mass is 10.1. The van der Waals surface area contributed by atoms with Gasteiger partial charge in [-0.3, -0.25) is 0 Å². The van der Waals surface area contributed by atoms with E-state index in [4.69, 9.17) is 15.3 Å². The first kappa shape index (κ1) is 23.0. The molecule has 2 atom stereocenters. The normalized spacial score (nSPS) is 13.0. The predicted molar refractivity (Wildman–Crippen MR) is 79.7 cm³/mol. The Morgan fingerprint density at radius 1 is 0.667 bits per heavy atom. The predicted octanol–water partition coefficient (Wildman–Crippen LogP) is 3.22. The molecule has 0 aromatic heterocycles. The first-order valence-electron chi connectivity index (χ1n) is 7.32. The Balaban J connectivity index is -0.000000187. The summed E-state index contributed by atoms with van der Waals surface area (Å²) in [6.45, 7) is 12.8. The molecule has 0 heterocycles. The van der Waals surface area contributed by atoms with Crippen LogP contribution in [0.5, 0.6) is 0 Å². The van der Waals surface area contributed by atoms with Gasteiger partial charge < -0.3 is 15.3 Å². The summed E-state index contributed by atoms with van der Waals surface area (Å²) in [6, 6.07) is 0. The molecule has 3 N–H and O–H groups in total. The second kappa shape index (κ2) is 19.2. The molecule has 0 aliphatic rings. The topological polar surface area (TPSA) is 60.7 Å². The van der Waals surface area contributed by atoms with Gasteiger partial charge in [0.1, 0.15) is 0 Å². The second-order valence-corrected chi connectivity index (χ2v) is 4.86. The lowest BCUT2D eigenvalue weighted by Gasteiger charge is -1.98. The van der Waals surface area contributed by atoms with Crippen molar-refractivity contribution in [3.63, 3.8) is 0 Å². The highest BCUT2D eigenvalue weighted by Gasteiger charge is 1.91. The summed E-state index contributed by atoms with van der Waals surface area (Å²) in [5, 5.41) is 25.3. The molecule has 0 aliphatic carbocycles. The van der Waals surface area contributed by atoms with E-state index >= 15 is 0 Å². The van der Waals surface area contributed by atoms with E-state index in [0.717, 1.165) is 25.7 Å². The van der Waals surface area contributed by atoms with Crippen LogP contribution in [0.2, 0.25) is 0 Å². The van der Waals surface area contributed by atoms with E-state index in [9.17, 15) is 0 Å². The zero-order chi connectivity index (χ0) is 15.0. The Labute approximate surface area is 114 Å². The van der Waals surface area contributed by atoms with Gasteiger partial charge in [0.2, 0.25) is 0 Å². The maximum absolute atomic E-state index is 8.67. The first-order chi connectivity index (χ1) is 8.42. The molecule has 0 spiro atoms. The van der Waals surface area contributed by atoms with Crippen molar-refractivity contribution in [2.24, 2.45) is 11.8 Å². The van der Waals surface area contributed by atoms with Gasteiger partial charge in [-0.1, -0.05) is 54.4 Å². The molecule has 0 saturated heterocycles. The molecule has 0 aromatic rings. The van der Waals surface area contributed by atoms with Crippen molar-refractivity contribution in [2.75, 3.05) is 13.2 Å². The molecule has 0 rings (SSSR count). The van der Waals surface area contributed by atoms with E-state index in [0.29, 0.717) is 25.0 Å². The van der Waals surface area contributed by atoms with Gasteiger partial charge in [0.05, 0.1) is 6.10 Å². The van der Waals surface area contributed by atoms with Crippen LogP contribution in [0.25, 0.3) is 0 Å². The Morgan fingerprint density at radius 3 is 0.944 bits per heavy atom. The zero-order valence-electron chi connectivity index (χ0n) is 13.3. The van der Waals surface area contributed by atoms with Gasteiger partial charge >= 0.3 is 0 Å². The third-order valence-electron chi connectivity index (χ3n) is 2.96. The molecule has 0 aromatic carbocycles. The summed E-state index contributed by atoms with van der Waals surface area (Å²) in [5.41, 5.74) is 0. The molecule has 3 nitrogen and oxygen atoms in total. The minimum absolute atomic E-state index is 0.0648. The Morgan fingerprint density at radius 2 is 0.944 bits per heavy atom. The highest BCUT2D eigenvalue weighted by atomic mass is 16.3.